The van der Waals surface area contributed by atoms with Crippen LogP contribution < -0.4 is 10.1 Å². The van der Waals surface area contributed by atoms with Gasteiger partial charge in [0.05, 0.1) is 11.1 Å². The van der Waals surface area contributed by atoms with Crippen molar-refractivity contribution in [1.29, 1.82) is 0 Å². The van der Waals surface area contributed by atoms with Crippen molar-refractivity contribution in [3.63, 3.8) is 0 Å². The summed E-state index contributed by atoms with van der Waals surface area (Å²) < 4.78 is 49.4. The van der Waals surface area contributed by atoms with E-state index in [1.54, 1.807) is 30.3 Å². The van der Waals surface area contributed by atoms with Crippen molar-refractivity contribution in [3.8, 4) is 17.1 Å². The maximum absolute atomic E-state index is 12.9. The zero-order valence-electron chi connectivity index (χ0n) is 18.6. The van der Waals surface area contributed by atoms with Crippen LogP contribution in [0.2, 0.25) is 0 Å². The molecule has 3 aromatic carbocycles. The second-order valence-electron chi connectivity index (χ2n) is 7.91. The van der Waals surface area contributed by atoms with Gasteiger partial charge in [-0.05, 0) is 66.2 Å². The number of aldehydes is 1. The smallest absolute Gasteiger partial charge is 0.416 e. The molecule has 9 heteroatoms. The Hall–Kier alpha value is -4.66. The van der Waals surface area contributed by atoms with Crippen LogP contribution >= 0.6 is 0 Å². The summed E-state index contributed by atoms with van der Waals surface area (Å²) in [4.78, 5) is 19.2. The van der Waals surface area contributed by atoms with E-state index in [2.05, 4.69) is 27.4 Å². The average molecular weight is 489 g/mol. The number of benzene rings is 3. The largest absolute Gasteiger partial charge is 0.489 e. The molecule has 0 spiro atoms. The molecule has 2 bridgehead atoms. The summed E-state index contributed by atoms with van der Waals surface area (Å²) in [5, 5.41) is 3.52. The van der Waals surface area contributed by atoms with Crippen molar-refractivity contribution < 1.29 is 27.1 Å². The van der Waals surface area contributed by atoms with E-state index < -0.39 is 11.7 Å². The van der Waals surface area contributed by atoms with E-state index in [4.69, 9.17) is 9.15 Å². The van der Waals surface area contributed by atoms with Crippen LogP contribution in [0, 0.1) is 0 Å². The molecule has 5 aromatic rings. The van der Waals surface area contributed by atoms with Crippen molar-refractivity contribution in [2.45, 2.75) is 12.8 Å². The van der Waals surface area contributed by atoms with Crippen LogP contribution in [0.15, 0.2) is 89.6 Å². The molecule has 180 valence electrons. The lowest BCUT2D eigenvalue weighted by molar-refractivity contribution is -0.137. The third-order valence-corrected chi connectivity index (χ3v) is 5.44. The van der Waals surface area contributed by atoms with E-state index in [-0.39, 0.29) is 11.4 Å². The van der Waals surface area contributed by atoms with Crippen molar-refractivity contribution >= 4 is 28.7 Å². The van der Waals surface area contributed by atoms with Crippen LogP contribution in [0.3, 0.4) is 0 Å². The van der Waals surface area contributed by atoms with Crippen LogP contribution in [0.25, 0.3) is 22.2 Å². The highest BCUT2D eigenvalue weighted by Gasteiger charge is 2.30. The summed E-state index contributed by atoms with van der Waals surface area (Å²) in [5.74, 6) is 2.02. The van der Waals surface area contributed by atoms with Gasteiger partial charge in [-0.1, -0.05) is 18.2 Å². The van der Waals surface area contributed by atoms with Gasteiger partial charge in [-0.15, -0.1) is 0 Å². The molecule has 0 fully saturated rings. The first kappa shape index (κ1) is 23.1. The zero-order chi connectivity index (χ0) is 25.1. The summed E-state index contributed by atoms with van der Waals surface area (Å²) >= 11 is 0. The molecule has 0 aliphatic carbocycles. The molecule has 7 rings (SSSR count). The van der Waals surface area contributed by atoms with Gasteiger partial charge in [0.25, 0.3) is 0 Å². The van der Waals surface area contributed by atoms with E-state index in [0.717, 1.165) is 24.5 Å². The summed E-state index contributed by atoms with van der Waals surface area (Å²) in [6.07, 6.45) is -2.50. The summed E-state index contributed by atoms with van der Waals surface area (Å²) in [7, 11) is 0. The van der Waals surface area contributed by atoms with Gasteiger partial charge in [-0.3, -0.25) is 4.79 Å². The molecular weight excluding hydrogens is 471 g/mol. The van der Waals surface area contributed by atoms with Crippen molar-refractivity contribution in [3.05, 3.63) is 102 Å². The second-order valence-corrected chi connectivity index (χ2v) is 7.91. The number of nitrogens with zero attached hydrogens (tertiary/aromatic N) is 2. The van der Waals surface area contributed by atoms with Gasteiger partial charge in [-0.2, -0.15) is 13.2 Å². The van der Waals surface area contributed by atoms with E-state index in [1.807, 2.05) is 12.1 Å². The molecule has 2 aliphatic rings. The fourth-order valence-corrected chi connectivity index (χ4v) is 3.64. The number of ether oxygens (including phenoxy) is 1. The first-order chi connectivity index (χ1) is 17.4. The summed E-state index contributed by atoms with van der Waals surface area (Å²) in [6, 6.07) is 21.5. The molecule has 0 saturated heterocycles. The summed E-state index contributed by atoms with van der Waals surface area (Å²) in [5.41, 5.74) is 2.05. The highest BCUT2D eigenvalue weighted by atomic mass is 19.4. The van der Waals surface area contributed by atoms with Gasteiger partial charge >= 0.3 is 6.18 Å². The Balaban J connectivity index is 0.000000280. The highest BCUT2D eigenvalue weighted by Crippen LogP contribution is 2.33. The molecule has 0 atom stereocenters. The van der Waals surface area contributed by atoms with Gasteiger partial charge in [0, 0.05) is 16.6 Å². The van der Waals surface area contributed by atoms with Gasteiger partial charge in [0.2, 0.25) is 0 Å². The SMILES string of the molecule is O=Cc1ccc(-c2ccc3ncnc(Nc4cccc(C(F)(F)F)c4)c3c2)o1.c1cc2ccc1CO2. The Morgan fingerprint density at radius 3 is 2.36 bits per heavy atom. The normalized spacial score (nSPS) is 12.0. The topological polar surface area (TPSA) is 77.3 Å². The van der Waals surface area contributed by atoms with Gasteiger partial charge < -0.3 is 14.5 Å². The van der Waals surface area contributed by atoms with Crippen molar-refractivity contribution in [2.75, 3.05) is 5.32 Å². The van der Waals surface area contributed by atoms with E-state index >= 15 is 0 Å². The number of anilines is 2. The van der Waals surface area contributed by atoms with Crippen LogP contribution in [0.4, 0.5) is 24.7 Å². The van der Waals surface area contributed by atoms with Gasteiger partial charge in [-0.25, -0.2) is 9.97 Å². The first-order valence-corrected chi connectivity index (χ1v) is 10.9. The van der Waals surface area contributed by atoms with Crippen LogP contribution in [-0.2, 0) is 12.8 Å². The fourth-order valence-electron chi connectivity index (χ4n) is 3.64. The van der Waals surface area contributed by atoms with Crippen LogP contribution in [0.5, 0.6) is 5.75 Å². The Morgan fingerprint density at radius 2 is 1.75 bits per heavy atom. The third kappa shape index (κ3) is 5.05. The number of nitrogens with one attached hydrogen (secondary N) is 1. The van der Waals surface area contributed by atoms with Crippen molar-refractivity contribution in [1.82, 2.24) is 9.97 Å². The number of furan rings is 1. The number of rotatable bonds is 4. The maximum Gasteiger partial charge on any atom is 0.416 e. The monoisotopic (exact) mass is 489 g/mol. The van der Waals surface area contributed by atoms with E-state index in [1.165, 1.54) is 24.0 Å². The van der Waals surface area contributed by atoms with E-state index in [0.29, 0.717) is 34.3 Å². The lowest BCUT2D eigenvalue weighted by Crippen LogP contribution is -2.05. The van der Waals surface area contributed by atoms with Gasteiger partial charge in [0.1, 0.15) is 30.3 Å². The third-order valence-electron chi connectivity index (χ3n) is 5.44. The zero-order valence-corrected chi connectivity index (χ0v) is 18.6. The molecule has 0 radical (unpaired) electrons. The van der Waals surface area contributed by atoms with E-state index in [9.17, 15) is 18.0 Å². The van der Waals surface area contributed by atoms with Gasteiger partial charge in [0.15, 0.2) is 12.0 Å². The molecule has 0 saturated carbocycles. The molecule has 2 aromatic heterocycles. The number of hydrogen-bond donors (Lipinski definition) is 1. The molecule has 6 nitrogen and oxygen atoms in total. The lowest BCUT2D eigenvalue weighted by atomic mass is 10.1. The fraction of sp³-hybridized carbons (Fsp3) is 0.0741. The standard InChI is InChI=1S/C20H12F3N3O2.C7H6O/c21-20(22,23)13-2-1-3-14(9-13)26-19-16-8-12(4-6-17(16)24-11-25-19)18-7-5-15(10-27)28-18;1-3-7-4-2-6(1)5-8-7/h1-11H,(H,24,25,26);1-4H,5H2. The lowest BCUT2D eigenvalue weighted by Gasteiger charge is -2.12. The second kappa shape index (κ2) is 9.53. The number of carbonyl (C=O) groups excluding carboxylic acids is 1. The number of hydrogen-bond acceptors (Lipinski definition) is 6. The number of halogens is 3. The molecule has 1 N–H and O–H groups in total. The summed E-state index contributed by atoms with van der Waals surface area (Å²) in [6.45, 7) is 0.766. The van der Waals surface area contributed by atoms with Crippen LogP contribution in [0.1, 0.15) is 21.7 Å². The van der Waals surface area contributed by atoms with Crippen LogP contribution in [-0.4, -0.2) is 16.3 Å². The number of aromatic nitrogens is 2. The maximum atomic E-state index is 12.9. The number of carbonyl (C=O) groups is 1. The Morgan fingerprint density at radius 1 is 0.917 bits per heavy atom. The molecule has 4 heterocycles. The number of fused-ring (bicyclic) bond motifs is 4. The molecule has 0 amide bonds. The minimum absolute atomic E-state index is 0.196. The molecular formula is C27H18F3N3O3. The molecule has 2 aliphatic heterocycles. The Kier molecular flexibility index (Phi) is 6.12. The highest BCUT2D eigenvalue weighted by molar-refractivity contribution is 5.93. The average Bonchev–Trinajstić information content (AvgIpc) is 3.39. The Labute approximate surface area is 203 Å². The first-order valence-electron chi connectivity index (χ1n) is 10.9. The van der Waals surface area contributed by atoms with Crippen molar-refractivity contribution in [2.24, 2.45) is 0 Å². The molecule has 0 unspecified atom stereocenters. The predicted octanol–water partition coefficient (Wildman–Crippen LogP) is 7.04. The Bertz CT molecular complexity index is 1510. The quantitative estimate of drug-likeness (QED) is 0.273. The minimum atomic E-state index is -4.44. The predicted molar refractivity (Wildman–Crippen MR) is 128 cm³/mol. The number of alkyl halides is 3. The minimum Gasteiger partial charge on any atom is -0.489 e. The molecule has 36 heavy (non-hydrogen) atoms.